The summed E-state index contributed by atoms with van der Waals surface area (Å²) < 4.78 is 5.68. The zero-order valence-corrected chi connectivity index (χ0v) is 16.1. The van der Waals surface area contributed by atoms with Gasteiger partial charge in [-0.25, -0.2) is 5.43 Å². The van der Waals surface area contributed by atoms with Crippen molar-refractivity contribution in [3.05, 3.63) is 47.2 Å². The van der Waals surface area contributed by atoms with Crippen LogP contribution in [-0.4, -0.2) is 30.5 Å². The van der Waals surface area contributed by atoms with Crippen LogP contribution >= 0.6 is 23.4 Å². The number of furan rings is 1. The number of nitrogens with zero attached hydrogens (tertiary/aromatic N) is 2. The Bertz CT molecular complexity index is 711. The van der Waals surface area contributed by atoms with E-state index in [4.69, 9.17) is 16.0 Å². The highest BCUT2D eigenvalue weighted by molar-refractivity contribution is 8.00. The average molecular weight is 380 g/mol. The second-order valence-corrected chi connectivity index (χ2v) is 7.15. The molecule has 0 aliphatic heterocycles. The first-order valence-electron chi connectivity index (χ1n) is 8.13. The Morgan fingerprint density at radius 2 is 1.96 bits per heavy atom. The molecule has 0 radical (unpaired) electrons. The predicted molar refractivity (Wildman–Crippen MR) is 105 cm³/mol. The van der Waals surface area contributed by atoms with E-state index in [9.17, 15) is 4.79 Å². The number of rotatable bonds is 8. The van der Waals surface area contributed by atoms with Crippen LogP contribution in [0.5, 0.6) is 0 Å². The van der Waals surface area contributed by atoms with Gasteiger partial charge in [0.2, 0.25) is 0 Å². The van der Waals surface area contributed by atoms with E-state index in [1.807, 2.05) is 31.2 Å². The Kier molecular flexibility index (Phi) is 7.40. The van der Waals surface area contributed by atoms with Gasteiger partial charge in [-0.3, -0.25) is 4.79 Å². The van der Waals surface area contributed by atoms with Gasteiger partial charge < -0.3 is 9.32 Å². The van der Waals surface area contributed by atoms with Crippen molar-refractivity contribution in [2.24, 2.45) is 5.10 Å². The summed E-state index contributed by atoms with van der Waals surface area (Å²) in [6.07, 6.45) is 1.50. The number of carbonyl (C=O) groups excluding carboxylic acids is 1. The minimum atomic E-state index is -0.277. The molecule has 0 bridgehead atoms. The normalized spacial score (nSPS) is 12.3. The lowest BCUT2D eigenvalue weighted by atomic mass is 10.4. The monoisotopic (exact) mass is 379 g/mol. The molecule has 2 rings (SSSR count). The fourth-order valence-corrected chi connectivity index (χ4v) is 3.13. The summed E-state index contributed by atoms with van der Waals surface area (Å²) in [6, 6.07) is 11.1. The largest absolute Gasteiger partial charge is 0.440 e. The molecule has 2 aromatic rings. The van der Waals surface area contributed by atoms with Crippen LogP contribution in [0.4, 0.5) is 5.88 Å². The summed E-state index contributed by atoms with van der Waals surface area (Å²) in [4.78, 5) is 15.2. The third kappa shape index (κ3) is 5.83. The van der Waals surface area contributed by atoms with Gasteiger partial charge in [0.1, 0.15) is 5.76 Å². The maximum absolute atomic E-state index is 12.1. The molecule has 0 saturated carbocycles. The van der Waals surface area contributed by atoms with Crippen LogP contribution in [0.1, 0.15) is 26.5 Å². The Hall–Kier alpha value is -1.92. The molecule has 1 amide bonds. The second kappa shape index (κ2) is 9.53. The van der Waals surface area contributed by atoms with Crippen molar-refractivity contribution in [1.29, 1.82) is 0 Å². The number of hydrogen-bond donors (Lipinski definition) is 1. The molecule has 7 heteroatoms. The number of hydrazone groups is 1. The van der Waals surface area contributed by atoms with Crippen molar-refractivity contribution in [2.45, 2.75) is 30.9 Å². The Morgan fingerprint density at radius 3 is 2.60 bits per heavy atom. The van der Waals surface area contributed by atoms with Gasteiger partial charge in [0, 0.05) is 29.1 Å². The number of nitrogens with one attached hydrogen (secondary N) is 1. The molecule has 5 nitrogen and oxygen atoms in total. The molecule has 0 aliphatic carbocycles. The Balaban J connectivity index is 1.86. The molecule has 0 unspecified atom stereocenters. The van der Waals surface area contributed by atoms with Crippen LogP contribution in [0.3, 0.4) is 0 Å². The van der Waals surface area contributed by atoms with E-state index in [2.05, 4.69) is 29.3 Å². The van der Waals surface area contributed by atoms with E-state index in [-0.39, 0.29) is 11.2 Å². The van der Waals surface area contributed by atoms with Crippen molar-refractivity contribution in [2.75, 3.05) is 18.0 Å². The highest BCUT2D eigenvalue weighted by Gasteiger charge is 2.13. The fourth-order valence-electron chi connectivity index (χ4n) is 2.14. The highest BCUT2D eigenvalue weighted by Crippen LogP contribution is 2.24. The van der Waals surface area contributed by atoms with E-state index in [0.29, 0.717) is 10.8 Å². The molecule has 1 heterocycles. The lowest BCUT2D eigenvalue weighted by Crippen LogP contribution is -2.26. The molecule has 0 fully saturated rings. The third-order valence-electron chi connectivity index (χ3n) is 3.55. The van der Waals surface area contributed by atoms with Crippen LogP contribution in [0.15, 0.2) is 50.8 Å². The van der Waals surface area contributed by atoms with Crippen molar-refractivity contribution >= 4 is 41.4 Å². The molecule has 0 saturated heterocycles. The summed E-state index contributed by atoms with van der Waals surface area (Å²) in [7, 11) is 0. The lowest BCUT2D eigenvalue weighted by Gasteiger charge is -2.16. The zero-order chi connectivity index (χ0) is 18.2. The first kappa shape index (κ1) is 19.4. The van der Waals surface area contributed by atoms with Crippen LogP contribution < -0.4 is 10.3 Å². The standard InChI is InChI=1S/C18H22ClN3O2S/c1-4-22(5-2)17-11-8-15(24-17)12-20-21-18(23)13(3)25-16-9-6-14(19)7-10-16/h6-13H,4-5H2,1-3H3,(H,21,23)/b20-12-/t13-/m1/s1. The molecule has 1 aromatic carbocycles. The number of amides is 1. The topological polar surface area (TPSA) is 57.8 Å². The molecule has 25 heavy (non-hydrogen) atoms. The molecule has 1 atom stereocenters. The second-order valence-electron chi connectivity index (χ2n) is 5.30. The SMILES string of the molecule is CCN(CC)c1ccc(/C=N\NC(=O)[C@@H](C)Sc2ccc(Cl)cc2)o1. The van der Waals surface area contributed by atoms with Gasteiger partial charge in [-0.05, 0) is 51.1 Å². The molecule has 0 spiro atoms. The predicted octanol–water partition coefficient (Wildman–Crippen LogP) is 4.41. The van der Waals surface area contributed by atoms with Crippen LogP contribution in [-0.2, 0) is 4.79 Å². The van der Waals surface area contributed by atoms with Gasteiger partial charge in [0.05, 0.1) is 11.5 Å². The maximum atomic E-state index is 12.1. The number of carbonyl (C=O) groups is 1. The number of benzene rings is 1. The van der Waals surface area contributed by atoms with Gasteiger partial charge in [-0.15, -0.1) is 11.8 Å². The number of anilines is 1. The molecule has 1 N–H and O–H groups in total. The van der Waals surface area contributed by atoms with Crippen molar-refractivity contribution in [1.82, 2.24) is 5.43 Å². The zero-order valence-electron chi connectivity index (χ0n) is 14.5. The highest BCUT2D eigenvalue weighted by atomic mass is 35.5. The number of hydrogen-bond acceptors (Lipinski definition) is 5. The molecular weight excluding hydrogens is 358 g/mol. The summed E-state index contributed by atoms with van der Waals surface area (Å²) in [5, 5.41) is 4.37. The number of halogens is 1. The quantitative estimate of drug-likeness (QED) is 0.419. The van der Waals surface area contributed by atoms with E-state index >= 15 is 0 Å². The lowest BCUT2D eigenvalue weighted by molar-refractivity contribution is -0.120. The summed E-state index contributed by atoms with van der Waals surface area (Å²) in [5.41, 5.74) is 2.54. The van der Waals surface area contributed by atoms with E-state index in [0.717, 1.165) is 23.9 Å². The van der Waals surface area contributed by atoms with E-state index in [1.165, 1.54) is 18.0 Å². The Labute approximate surface area is 157 Å². The summed E-state index contributed by atoms with van der Waals surface area (Å²) in [6.45, 7) is 7.71. The number of thioether (sulfide) groups is 1. The minimum absolute atomic E-state index is 0.174. The molecular formula is C18H22ClN3O2S. The summed E-state index contributed by atoms with van der Waals surface area (Å²) in [5.74, 6) is 1.22. The molecule has 0 aliphatic rings. The molecule has 134 valence electrons. The molecule has 1 aromatic heterocycles. The smallest absolute Gasteiger partial charge is 0.253 e. The van der Waals surface area contributed by atoms with Gasteiger partial charge in [-0.1, -0.05) is 11.6 Å². The van der Waals surface area contributed by atoms with Crippen LogP contribution in [0.2, 0.25) is 5.02 Å². The van der Waals surface area contributed by atoms with Gasteiger partial charge in [0.25, 0.3) is 5.91 Å². The first-order chi connectivity index (χ1) is 12.0. The van der Waals surface area contributed by atoms with E-state index < -0.39 is 0 Å². The summed E-state index contributed by atoms with van der Waals surface area (Å²) >= 11 is 7.30. The average Bonchev–Trinajstić information content (AvgIpc) is 3.06. The van der Waals surface area contributed by atoms with E-state index in [1.54, 1.807) is 12.1 Å². The van der Waals surface area contributed by atoms with Gasteiger partial charge in [0.15, 0.2) is 5.88 Å². The van der Waals surface area contributed by atoms with Crippen LogP contribution in [0.25, 0.3) is 0 Å². The third-order valence-corrected chi connectivity index (χ3v) is 4.91. The van der Waals surface area contributed by atoms with Crippen molar-refractivity contribution in [3.63, 3.8) is 0 Å². The van der Waals surface area contributed by atoms with Crippen molar-refractivity contribution in [3.8, 4) is 0 Å². The van der Waals surface area contributed by atoms with Crippen molar-refractivity contribution < 1.29 is 9.21 Å². The minimum Gasteiger partial charge on any atom is -0.440 e. The maximum Gasteiger partial charge on any atom is 0.253 e. The van der Waals surface area contributed by atoms with Gasteiger partial charge in [-0.2, -0.15) is 5.10 Å². The van der Waals surface area contributed by atoms with Gasteiger partial charge >= 0.3 is 0 Å². The Morgan fingerprint density at radius 1 is 1.28 bits per heavy atom. The fraction of sp³-hybridized carbons (Fsp3) is 0.333. The first-order valence-corrected chi connectivity index (χ1v) is 9.39. The van der Waals surface area contributed by atoms with Crippen LogP contribution in [0, 0.1) is 0 Å².